The molecule has 6 atom stereocenters. The zero-order valence-electron chi connectivity index (χ0n) is 37.0. The summed E-state index contributed by atoms with van der Waals surface area (Å²) in [5.74, 6) is -1.08. The minimum Gasteiger partial charge on any atom is -0.497 e. The number of pyridine rings is 1. The number of nitrogens with one attached hydrogen (secondary N) is 3. The van der Waals surface area contributed by atoms with E-state index in [1.54, 1.807) is 59.9 Å². The number of likely N-dealkylation sites (tertiary alicyclic amines) is 1. The van der Waals surface area contributed by atoms with E-state index in [4.69, 9.17) is 38.2 Å². The minimum absolute atomic E-state index is 0.0213. The Kier molecular flexibility index (Phi) is 14.6. The molecule has 6 rings (SSSR count). The number of thiazole rings is 1. The van der Waals surface area contributed by atoms with Crippen molar-refractivity contribution >= 4 is 59.0 Å². The Bertz CT molecular complexity index is 2220. The third kappa shape index (κ3) is 11.2. The quantitative estimate of drug-likeness (QED) is 0.0449. The minimum atomic E-state index is -4.78. The van der Waals surface area contributed by atoms with Crippen LogP contribution in [0.3, 0.4) is 0 Å². The normalized spacial score (nSPS) is 22.6. The maximum absolute atomic E-state index is 14.8. The summed E-state index contributed by atoms with van der Waals surface area (Å²) in [6, 6.07) is 4.86. The van der Waals surface area contributed by atoms with E-state index in [0.29, 0.717) is 38.9 Å². The lowest BCUT2D eigenvalue weighted by molar-refractivity contribution is -0.142. The van der Waals surface area contributed by atoms with Crippen LogP contribution in [0, 0.1) is 11.3 Å². The molecule has 63 heavy (non-hydrogen) atoms. The molecule has 3 fully saturated rings. The summed E-state index contributed by atoms with van der Waals surface area (Å²) in [7, 11) is -3.23. The lowest BCUT2D eigenvalue weighted by Gasteiger charge is -2.35. The number of benzene rings is 1. The topological polar surface area (TPSA) is 226 Å². The third-order valence-electron chi connectivity index (χ3n) is 11.1. The van der Waals surface area contributed by atoms with E-state index in [2.05, 4.69) is 22.5 Å². The number of methoxy groups -OCH3 is 1. The first-order valence-corrected chi connectivity index (χ1v) is 23.6. The highest BCUT2D eigenvalue weighted by molar-refractivity contribution is 7.55. The Morgan fingerprint density at radius 2 is 1.81 bits per heavy atom. The number of hydrogen-bond donors (Lipinski definition) is 4. The molecule has 3 aromatic rings. The first-order valence-electron chi connectivity index (χ1n) is 21.1. The highest BCUT2D eigenvalue weighted by atomic mass is 32.1. The summed E-state index contributed by atoms with van der Waals surface area (Å²) in [4.78, 5) is 76.9. The fourth-order valence-electron chi connectivity index (χ4n) is 7.79. The van der Waals surface area contributed by atoms with Crippen LogP contribution >= 0.6 is 18.9 Å². The Hall–Kier alpha value is -4.97. The van der Waals surface area contributed by atoms with E-state index in [-0.39, 0.29) is 31.5 Å². The largest absolute Gasteiger partial charge is 0.510 e. The van der Waals surface area contributed by atoms with E-state index < -0.39 is 79.4 Å². The Balaban J connectivity index is 1.32. The van der Waals surface area contributed by atoms with Crippen LogP contribution in [0.1, 0.15) is 87.0 Å². The van der Waals surface area contributed by atoms with Crippen LogP contribution in [0.25, 0.3) is 22.3 Å². The van der Waals surface area contributed by atoms with Crippen molar-refractivity contribution in [3.63, 3.8) is 0 Å². The van der Waals surface area contributed by atoms with E-state index in [9.17, 15) is 28.6 Å². The average molecular weight is 915 g/mol. The molecular formula is C43H59N6O12PS. The van der Waals surface area contributed by atoms with Crippen molar-refractivity contribution in [1.29, 1.82) is 0 Å². The molecule has 1 unspecified atom stereocenters. The van der Waals surface area contributed by atoms with Gasteiger partial charge in [-0.2, -0.15) is 0 Å². The van der Waals surface area contributed by atoms with Gasteiger partial charge in [0.25, 0.3) is 0 Å². The first kappa shape index (κ1) is 47.5. The molecule has 344 valence electrons. The van der Waals surface area contributed by atoms with Crippen molar-refractivity contribution in [3.8, 4) is 22.9 Å². The van der Waals surface area contributed by atoms with Crippen LogP contribution in [0.2, 0.25) is 0 Å². The van der Waals surface area contributed by atoms with Gasteiger partial charge in [0.1, 0.15) is 46.8 Å². The highest BCUT2D eigenvalue weighted by Gasteiger charge is 2.67. The summed E-state index contributed by atoms with van der Waals surface area (Å²) in [5, 5.41) is 10.2. The second-order valence-corrected chi connectivity index (χ2v) is 20.7. The van der Waals surface area contributed by atoms with Gasteiger partial charge in [-0.05, 0) is 77.3 Å². The number of ether oxygens (including phenoxy) is 5. The average Bonchev–Trinajstić information content (AvgIpc) is 3.60. The molecular weight excluding hydrogens is 856 g/mol. The number of fused-ring (bicyclic) bond motifs is 1. The smallest absolute Gasteiger partial charge is 0.497 e. The van der Waals surface area contributed by atoms with Crippen LogP contribution in [-0.4, -0.2) is 106 Å². The molecule has 1 aliphatic heterocycles. The van der Waals surface area contributed by atoms with Crippen molar-refractivity contribution in [2.24, 2.45) is 11.3 Å². The maximum atomic E-state index is 14.8. The number of anilines is 1. The van der Waals surface area contributed by atoms with E-state index in [0.717, 1.165) is 25.7 Å². The summed E-state index contributed by atoms with van der Waals surface area (Å²) in [6.45, 7) is 15.3. The number of nitrogens with zero attached hydrogens (tertiary/aromatic N) is 3. The van der Waals surface area contributed by atoms with Gasteiger partial charge in [0, 0.05) is 41.3 Å². The Labute approximate surface area is 371 Å². The molecule has 2 aliphatic carbocycles. The van der Waals surface area contributed by atoms with E-state index in [1.165, 1.54) is 22.3 Å². The fourth-order valence-corrected chi connectivity index (χ4v) is 10.3. The molecule has 2 saturated carbocycles. The molecule has 3 aliphatic rings. The van der Waals surface area contributed by atoms with Crippen LogP contribution < -0.4 is 25.4 Å². The Morgan fingerprint density at radius 1 is 1.08 bits per heavy atom. The number of rotatable bonds is 17. The summed E-state index contributed by atoms with van der Waals surface area (Å²) < 4.78 is 46.8. The van der Waals surface area contributed by atoms with Gasteiger partial charge in [0.15, 0.2) is 5.13 Å². The van der Waals surface area contributed by atoms with Crippen LogP contribution in [0.15, 0.2) is 42.3 Å². The molecule has 1 saturated heterocycles. The number of amides is 3. The van der Waals surface area contributed by atoms with Gasteiger partial charge in [-0.15, -0.1) is 17.9 Å². The SMILES string of the molecule is C=C[C@@H]1C[C@]1(NC(=O)[C@@H]1C[C@@H](Oc2cc(-c3csc(NC(C)C)n3)nc3cc(OC)ccc23)CN1C(=O)[C@@H](NC(=O)OC1CCCC1)C(C)(C)C)P(=O)(O)OCOC(=O)OC(C)C. The van der Waals surface area contributed by atoms with Gasteiger partial charge >= 0.3 is 19.8 Å². The summed E-state index contributed by atoms with van der Waals surface area (Å²) >= 11 is 1.43. The predicted molar refractivity (Wildman–Crippen MR) is 235 cm³/mol. The summed E-state index contributed by atoms with van der Waals surface area (Å²) in [6.07, 6.45) is 1.26. The molecule has 2 aromatic heterocycles. The molecule has 4 N–H and O–H groups in total. The second kappa shape index (κ2) is 19.4. The molecule has 3 amide bonds. The van der Waals surface area contributed by atoms with Crippen LogP contribution in [0.4, 0.5) is 14.7 Å². The van der Waals surface area contributed by atoms with Gasteiger partial charge in [0.2, 0.25) is 18.6 Å². The first-order chi connectivity index (χ1) is 29.7. The van der Waals surface area contributed by atoms with Crippen molar-refractivity contribution < 1.29 is 56.8 Å². The number of carbonyl (C=O) groups excluding carboxylic acids is 4. The maximum Gasteiger partial charge on any atom is 0.510 e. The molecule has 18 nitrogen and oxygen atoms in total. The zero-order valence-corrected chi connectivity index (χ0v) is 38.7. The van der Waals surface area contributed by atoms with Crippen molar-refractivity contribution in [2.75, 3.05) is 25.8 Å². The highest BCUT2D eigenvalue weighted by Crippen LogP contribution is 2.70. The lowest BCUT2D eigenvalue weighted by atomic mass is 9.85. The second-order valence-electron chi connectivity index (χ2n) is 17.8. The number of carbonyl (C=O) groups is 4. The van der Waals surface area contributed by atoms with Gasteiger partial charge in [-0.1, -0.05) is 26.8 Å². The number of hydrogen-bond acceptors (Lipinski definition) is 15. The fraction of sp³-hybridized carbons (Fsp3) is 0.581. The molecule has 3 heterocycles. The van der Waals surface area contributed by atoms with E-state index >= 15 is 0 Å². The van der Waals surface area contributed by atoms with Gasteiger partial charge in [0.05, 0.1) is 31.0 Å². The standard InChI is InChI=1S/C43H59N6O12PS/c1-10-26-20-43(26,62(54,55)58-23-57-41(53)59-25(4)5)48-37(50)34-18-29(21-49(34)38(51)36(42(6,7)8)47-40(52)61-27-13-11-12-14-27)60-35-19-32(33-22-63-39(46-33)44-24(2)3)45-31-17-28(56-9)15-16-30(31)35/h10,15-17,19,22,24-27,29,34,36H,1,11-14,18,20-21,23H2,2-9H3,(H,44,46)(H,47,52)(H,48,50)(H,54,55)/t26-,29-,34+,36-,43+/m1/s1. The molecule has 0 radical (unpaired) electrons. The van der Waals surface area contributed by atoms with Gasteiger partial charge < -0.3 is 49.4 Å². The number of alkyl carbamates (subject to hydrolysis) is 1. The molecule has 1 aromatic carbocycles. The third-order valence-corrected chi connectivity index (χ3v) is 14.0. The monoisotopic (exact) mass is 914 g/mol. The van der Waals surface area contributed by atoms with Crippen LogP contribution in [-0.2, 0) is 32.9 Å². The number of aromatic nitrogens is 2. The van der Waals surface area contributed by atoms with Crippen molar-refractivity contribution in [2.45, 2.75) is 129 Å². The molecule has 0 spiro atoms. The van der Waals surface area contributed by atoms with Crippen molar-refractivity contribution in [1.82, 2.24) is 25.5 Å². The van der Waals surface area contributed by atoms with Gasteiger partial charge in [-0.3, -0.25) is 18.7 Å². The molecule has 20 heteroatoms. The Morgan fingerprint density at radius 3 is 2.44 bits per heavy atom. The van der Waals surface area contributed by atoms with Crippen LogP contribution in [0.5, 0.6) is 11.5 Å². The van der Waals surface area contributed by atoms with E-state index in [1.807, 2.05) is 25.3 Å². The molecule has 0 bridgehead atoms. The lowest BCUT2D eigenvalue weighted by Crippen LogP contribution is -2.58. The summed E-state index contributed by atoms with van der Waals surface area (Å²) in [5.41, 5.74) is 0.821. The predicted octanol–water partition coefficient (Wildman–Crippen LogP) is 7.36. The van der Waals surface area contributed by atoms with Crippen molar-refractivity contribution in [3.05, 3.63) is 42.3 Å². The van der Waals surface area contributed by atoms with Gasteiger partial charge in [-0.25, -0.2) is 19.6 Å². The zero-order chi connectivity index (χ0) is 45.9.